The van der Waals surface area contributed by atoms with Crippen LogP contribution in [0.1, 0.15) is 22.7 Å². The first-order valence-electron chi connectivity index (χ1n) is 7.43. The van der Waals surface area contributed by atoms with Crippen LogP contribution in [-0.2, 0) is 4.79 Å². The molecule has 0 aliphatic carbocycles. The first-order chi connectivity index (χ1) is 11.6. The van der Waals surface area contributed by atoms with Crippen LogP contribution in [0.15, 0.2) is 36.5 Å². The van der Waals surface area contributed by atoms with Crippen molar-refractivity contribution in [1.82, 2.24) is 14.9 Å². The predicted molar refractivity (Wildman–Crippen MR) is 97.8 cm³/mol. The first-order valence-corrected chi connectivity index (χ1v) is 9.92. The van der Waals surface area contributed by atoms with Gasteiger partial charge in [-0.1, -0.05) is 39.8 Å². The van der Waals surface area contributed by atoms with E-state index in [1.165, 1.54) is 10.8 Å². The number of aromatic nitrogens is 2. The molecule has 2 aromatic rings. The maximum absolute atomic E-state index is 12.4. The molecule has 128 valence electrons. The Morgan fingerprint density at radius 3 is 2.62 bits per heavy atom. The van der Waals surface area contributed by atoms with E-state index in [4.69, 9.17) is 5.11 Å². The smallest absolute Gasteiger partial charge is 0.304 e. The van der Waals surface area contributed by atoms with Crippen LogP contribution in [0.4, 0.5) is 0 Å². The van der Waals surface area contributed by atoms with E-state index in [-0.39, 0.29) is 12.3 Å². The molecule has 24 heavy (non-hydrogen) atoms. The maximum Gasteiger partial charge on any atom is 0.304 e. The number of aryl methyl sites for hydroxylation is 1. The fourth-order valence-corrected chi connectivity index (χ4v) is 3.94. The third-order valence-corrected chi connectivity index (χ3v) is 5.55. The number of aliphatic carboxylic acids is 1. The second-order valence-corrected chi connectivity index (χ2v) is 7.61. The second kappa shape index (κ2) is 9.39. The van der Waals surface area contributed by atoms with Gasteiger partial charge in [0.2, 0.25) is 0 Å². The summed E-state index contributed by atoms with van der Waals surface area (Å²) >= 11 is 0. The molecule has 0 spiro atoms. The van der Waals surface area contributed by atoms with Crippen LogP contribution in [0.2, 0.25) is 0 Å². The average Bonchev–Trinajstić information content (AvgIpc) is 2.96. The Labute approximate surface area is 148 Å². The van der Waals surface area contributed by atoms with Gasteiger partial charge in [-0.15, -0.1) is 0 Å². The zero-order valence-electron chi connectivity index (χ0n) is 13.3. The average molecular weight is 365 g/mol. The van der Waals surface area contributed by atoms with E-state index in [1.54, 1.807) is 17.0 Å². The molecule has 0 saturated heterocycles. The third-order valence-electron chi connectivity index (χ3n) is 3.14. The summed E-state index contributed by atoms with van der Waals surface area (Å²) < 4.78 is 1.82. The minimum atomic E-state index is -0.791. The minimum absolute atomic E-state index is 0.152. The number of carbonyl (C=O) groups excluding carboxylic acids is 1. The van der Waals surface area contributed by atoms with Gasteiger partial charge < -0.3 is 10.4 Å². The summed E-state index contributed by atoms with van der Waals surface area (Å²) in [7, 11) is 3.05. The number of benzene rings is 1. The highest BCUT2D eigenvalue weighted by Gasteiger charge is 2.15. The lowest BCUT2D eigenvalue weighted by Gasteiger charge is -2.10. The molecule has 0 fully saturated rings. The van der Waals surface area contributed by atoms with Gasteiger partial charge in [0.1, 0.15) is 11.5 Å². The minimum Gasteiger partial charge on any atom is -0.481 e. The molecular formula is C16H19N3O3S2. The standard InChI is InChI=1S/C16H19N3O3S2/c1-12-18-11-14(19(12)13-5-3-2-4-6-13)16(22)17-8-10-24-23-9-7-15(20)21/h2-6,11H,7-10H2,1H3,(H,17,22)(H,20,21). The first kappa shape index (κ1) is 18.4. The number of carboxylic acids is 1. The van der Waals surface area contributed by atoms with E-state index in [1.807, 2.05) is 41.8 Å². The number of para-hydroxylation sites is 1. The Bertz CT molecular complexity index is 689. The third kappa shape index (κ3) is 5.31. The van der Waals surface area contributed by atoms with E-state index >= 15 is 0 Å². The van der Waals surface area contributed by atoms with Gasteiger partial charge in [-0.25, -0.2) is 4.98 Å². The van der Waals surface area contributed by atoms with Crippen LogP contribution in [0.25, 0.3) is 5.69 Å². The van der Waals surface area contributed by atoms with Crippen LogP contribution in [0.5, 0.6) is 0 Å². The van der Waals surface area contributed by atoms with E-state index in [2.05, 4.69) is 10.3 Å². The van der Waals surface area contributed by atoms with E-state index in [0.717, 1.165) is 11.5 Å². The number of carbonyl (C=O) groups is 2. The molecule has 1 aromatic heterocycles. The molecule has 0 saturated carbocycles. The maximum atomic E-state index is 12.4. The monoisotopic (exact) mass is 365 g/mol. The number of hydrogen-bond donors (Lipinski definition) is 2. The molecule has 0 radical (unpaired) electrons. The summed E-state index contributed by atoms with van der Waals surface area (Å²) in [4.78, 5) is 27.0. The summed E-state index contributed by atoms with van der Waals surface area (Å²) in [5.74, 6) is 1.07. The van der Waals surface area contributed by atoms with Crippen LogP contribution < -0.4 is 5.32 Å². The van der Waals surface area contributed by atoms with Crippen molar-refractivity contribution in [2.24, 2.45) is 0 Å². The summed E-state index contributed by atoms with van der Waals surface area (Å²) in [5.41, 5.74) is 1.40. The summed E-state index contributed by atoms with van der Waals surface area (Å²) in [6.07, 6.45) is 1.73. The van der Waals surface area contributed by atoms with Gasteiger partial charge >= 0.3 is 5.97 Å². The molecule has 0 unspecified atom stereocenters. The Morgan fingerprint density at radius 1 is 1.21 bits per heavy atom. The van der Waals surface area contributed by atoms with Gasteiger partial charge in [0.15, 0.2) is 0 Å². The molecule has 0 bridgehead atoms. The molecule has 8 heteroatoms. The van der Waals surface area contributed by atoms with Crippen molar-refractivity contribution in [2.45, 2.75) is 13.3 Å². The quantitative estimate of drug-likeness (QED) is 0.525. The highest BCUT2D eigenvalue weighted by molar-refractivity contribution is 8.76. The van der Waals surface area contributed by atoms with Crippen LogP contribution in [0.3, 0.4) is 0 Å². The predicted octanol–water partition coefficient (Wildman–Crippen LogP) is 2.77. The zero-order chi connectivity index (χ0) is 17.4. The number of rotatable bonds is 9. The molecule has 2 N–H and O–H groups in total. The van der Waals surface area contributed by atoms with Crippen molar-refractivity contribution in [1.29, 1.82) is 0 Å². The molecule has 0 aliphatic heterocycles. The second-order valence-electron chi connectivity index (χ2n) is 4.91. The number of nitrogens with one attached hydrogen (secondary N) is 1. The fourth-order valence-electron chi connectivity index (χ4n) is 2.05. The zero-order valence-corrected chi connectivity index (χ0v) is 14.9. The van der Waals surface area contributed by atoms with Crippen LogP contribution >= 0.6 is 21.6 Å². The summed E-state index contributed by atoms with van der Waals surface area (Å²) in [6.45, 7) is 2.38. The van der Waals surface area contributed by atoms with Crippen LogP contribution in [0, 0.1) is 6.92 Å². The highest BCUT2D eigenvalue weighted by atomic mass is 33.1. The van der Waals surface area contributed by atoms with Crippen LogP contribution in [-0.4, -0.2) is 44.6 Å². The molecule has 1 heterocycles. The lowest BCUT2D eigenvalue weighted by Crippen LogP contribution is -2.27. The van der Waals surface area contributed by atoms with Crippen molar-refractivity contribution in [3.05, 3.63) is 48.0 Å². The van der Waals surface area contributed by atoms with Crippen molar-refractivity contribution in [2.75, 3.05) is 18.1 Å². The summed E-state index contributed by atoms with van der Waals surface area (Å²) in [5, 5.41) is 11.4. The molecule has 0 atom stereocenters. The Kier molecular flexibility index (Phi) is 7.20. The van der Waals surface area contributed by atoms with Crippen molar-refractivity contribution in [3.63, 3.8) is 0 Å². The van der Waals surface area contributed by atoms with Gasteiger partial charge in [0.05, 0.1) is 12.6 Å². The van der Waals surface area contributed by atoms with Gasteiger partial charge in [-0.2, -0.15) is 0 Å². The number of amides is 1. The fraction of sp³-hybridized carbons (Fsp3) is 0.312. The van der Waals surface area contributed by atoms with Gasteiger partial charge in [-0.05, 0) is 19.1 Å². The number of carboxylic acid groups (broad SMARTS) is 1. The Hall–Kier alpha value is -1.93. The Morgan fingerprint density at radius 2 is 1.92 bits per heavy atom. The lowest BCUT2D eigenvalue weighted by atomic mass is 10.3. The highest BCUT2D eigenvalue weighted by Crippen LogP contribution is 2.21. The van der Waals surface area contributed by atoms with E-state index in [0.29, 0.717) is 23.7 Å². The Balaban J connectivity index is 1.84. The summed E-state index contributed by atoms with van der Waals surface area (Å²) in [6, 6.07) is 9.62. The number of nitrogens with zero attached hydrogens (tertiary/aromatic N) is 2. The normalized spacial score (nSPS) is 10.5. The lowest BCUT2D eigenvalue weighted by molar-refractivity contribution is -0.136. The van der Waals surface area contributed by atoms with E-state index in [9.17, 15) is 9.59 Å². The van der Waals surface area contributed by atoms with Crippen molar-refractivity contribution < 1.29 is 14.7 Å². The largest absolute Gasteiger partial charge is 0.481 e. The van der Waals surface area contributed by atoms with E-state index < -0.39 is 5.97 Å². The molecular weight excluding hydrogens is 346 g/mol. The van der Waals surface area contributed by atoms with Gasteiger partial charge in [0.25, 0.3) is 5.91 Å². The van der Waals surface area contributed by atoms with Gasteiger partial charge in [0, 0.05) is 23.7 Å². The van der Waals surface area contributed by atoms with Gasteiger partial charge in [-0.3, -0.25) is 14.2 Å². The number of imidazole rings is 1. The molecule has 2 rings (SSSR count). The molecule has 1 amide bonds. The van der Waals surface area contributed by atoms with Crippen molar-refractivity contribution >= 4 is 33.5 Å². The topological polar surface area (TPSA) is 84.2 Å². The SMILES string of the molecule is Cc1ncc(C(=O)NCCSSCCC(=O)O)n1-c1ccccc1. The van der Waals surface area contributed by atoms with Crippen molar-refractivity contribution in [3.8, 4) is 5.69 Å². The molecule has 6 nitrogen and oxygen atoms in total. The molecule has 1 aromatic carbocycles. The molecule has 0 aliphatic rings. The number of hydrogen-bond acceptors (Lipinski definition) is 5.